The lowest BCUT2D eigenvalue weighted by Gasteiger charge is -2.07. The van der Waals surface area contributed by atoms with Crippen molar-refractivity contribution < 1.29 is 4.74 Å². The molecule has 1 aliphatic rings. The van der Waals surface area contributed by atoms with Crippen molar-refractivity contribution in [2.45, 2.75) is 12.4 Å². The summed E-state index contributed by atoms with van der Waals surface area (Å²) in [6.45, 7) is 1.33. The Bertz CT molecular complexity index is 1130. The lowest BCUT2D eigenvalue weighted by Crippen LogP contribution is -1.99. The van der Waals surface area contributed by atoms with Gasteiger partial charge in [-0.2, -0.15) is 9.61 Å². The summed E-state index contributed by atoms with van der Waals surface area (Å²) in [4.78, 5) is 5.25. The third-order valence-electron chi connectivity index (χ3n) is 4.08. The first kappa shape index (κ1) is 17.0. The number of benzene rings is 2. The molecule has 0 bridgehead atoms. The summed E-state index contributed by atoms with van der Waals surface area (Å²) in [6.07, 6.45) is 0. The van der Waals surface area contributed by atoms with Gasteiger partial charge in [-0.05, 0) is 11.5 Å². The smallest absolute Gasteiger partial charge is 0.234 e. The molecule has 0 fully saturated rings. The molecular weight excluding hydrogens is 398 g/mol. The Morgan fingerprint density at radius 1 is 1.11 bits per heavy atom. The van der Waals surface area contributed by atoms with E-state index in [1.165, 1.54) is 16.7 Å². The molecule has 0 saturated carbocycles. The van der Waals surface area contributed by atoms with Gasteiger partial charge in [0, 0.05) is 11.1 Å². The highest BCUT2D eigenvalue weighted by molar-refractivity contribution is 8.38. The number of aliphatic imine (C=N–C) groups is 1. The van der Waals surface area contributed by atoms with Gasteiger partial charge in [-0.25, -0.2) is 0 Å². The van der Waals surface area contributed by atoms with Gasteiger partial charge in [-0.15, -0.1) is 10.2 Å². The topological polar surface area (TPSA) is 64.7 Å². The van der Waals surface area contributed by atoms with Crippen LogP contribution in [0.25, 0.3) is 15.7 Å². The SMILES string of the molecule is c1ccc2c(OCc3nn4c(CSC5=NCCS5)nnc4s3)cccc2c1. The van der Waals surface area contributed by atoms with Crippen LogP contribution in [0.1, 0.15) is 10.8 Å². The molecule has 0 spiro atoms. The van der Waals surface area contributed by atoms with Crippen molar-refractivity contribution in [1.29, 1.82) is 0 Å². The summed E-state index contributed by atoms with van der Waals surface area (Å²) in [5.74, 6) is 3.51. The number of thioether (sulfide) groups is 2. The molecule has 6 nitrogen and oxygen atoms in total. The second-order valence-electron chi connectivity index (χ2n) is 5.86. The molecule has 0 saturated heterocycles. The molecule has 0 aliphatic carbocycles. The van der Waals surface area contributed by atoms with Crippen molar-refractivity contribution >= 4 is 55.0 Å². The molecule has 27 heavy (non-hydrogen) atoms. The lowest BCUT2D eigenvalue weighted by molar-refractivity contribution is 0.308. The molecule has 2 aromatic heterocycles. The average molecular weight is 414 g/mol. The van der Waals surface area contributed by atoms with E-state index < -0.39 is 0 Å². The van der Waals surface area contributed by atoms with Gasteiger partial charge < -0.3 is 4.74 Å². The zero-order valence-electron chi connectivity index (χ0n) is 14.2. The van der Waals surface area contributed by atoms with Crippen LogP contribution in [-0.4, -0.2) is 36.5 Å². The maximum absolute atomic E-state index is 6.04. The van der Waals surface area contributed by atoms with Crippen molar-refractivity contribution in [1.82, 2.24) is 19.8 Å². The van der Waals surface area contributed by atoms with Crippen LogP contribution in [0, 0.1) is 0 Å². The quantitative estimate of drug-likeness (QED) is 0.487. The van der Waals surface area contributed by atoms with Crippen molar-refractivity contribution in [3.05, 3.63) is 53.3 Å². The van der Waals surface area contributed by atoms with Crippen molar-refractivity contribution in [2.75, 3.05) is 12.3 Å². The van der Waals surface area contributed by atoms with Gasteiger partial charge >= 0.3 is 0 Å². The minimum Gasteiger partial charge on any atom is -0.486 e. The van der Waals surface area contributed by atoms with Gasteiger partial charge in [0.1, 0.15) is 16.7 Å². The summed E-state index contributed by atoms with van der Waals surface area (Å²) in [5.41, 5.74) is 0. The fourth-order valence-corrected chi connectivity index (χ4v) is 5.52. The van der Waals surface area contributed by atoms with E-state index in [-0.39, 0.29) is 0 Å². The minimum atomic E-state index is 0.414. The number of fused-ring (bicyclic) bond motifs is 2. The van der Waals surface area contributed by atoms with E-state index in [0.717, 1.165) is 49.4 Å². The Kier molecular flexibility index (Phi) is 4.73. The molecule has 0 unspecified atom stereocenters. The van der Waals surface area contributed by atoms with Crippen LogP contribution in [-0.2, 0) is 12.4 Å². The molecule has 0 atom stereocenters. The maximum atomic E-state index is 6.04. The lowest BCUT2D eigenvalue weighted by atomic mass is 10.1. The zero-order valence-corrected chi connectivity index (χ0v) is 16.7. The van der Waals surface area contributed by atoms with Gasteiger partial charge in [0.15, 0.2) is 10.8 Å². The third-order valence-corrected chi connectivity index (χ3v) is 7.20. The highest BCUT2D eigenvalue weighted by Crippen LogP contribution is 2.28. The van der Waals surface area contributed by atoms with Crippen LogP contribution >= 0.6 is 34.9 Å². The Morgan fingerprint density at radius 2 is 2.04 bits per heavy atom. The van der Waals surface area contributed by atoms with Crippen LogP contribution in [0.5, 0.6) is 5.75 Å². The van der Waals surface area contributed by atoms with Crippen molar-refractivity contribution in [3.8, 4) is 5.75 Å². The molecule has 2 aromatic carbocycles. The van der Waals surface area contributed by atoms with Crippen LogP contribution in [0.3, 0.4) is 0 Å². The summed E-state index contributed by atoms with van der Waals surface area (Å²) in [6, 6.07) is 14.3. The number of hydrogen-bond donors (Lipinski definition) is 0. The van der Waals surface area contributed by atoms with Crippen molar-refractivity contribution in [2.24, 2.45) is 4.99 Å². The number of nitrogens with zero attached hydrogens (tertiary/aromatic N) is 5. The first-order chi connectivity index (χ1) is 13.4. The van der Waals surface area contributed by atoms with E-state index in [9.17, 15) is 0 Å². The molecule has 4 aromatic rings. The maximum Gasteiger partial charge on any atom is 0.234 e. The molecule has 0 N–H and O–H groups in total. The second kappa shape index (κ2) is 7.49. The van der Waals surface area contributed by atoms with E-state index in [0.29, 0.717) is 6.61 Å². The van der Waals surface area contributed by atoms with Gasteiger partial charge in [0.05, 0.1) is 12.3 Å². The molecule has 136 valence electrons. The van der Waals surface area contributed by atoms with Crippen LogP contribution < -0.4 is 4.74 Å². The average Bonchev–Trinajstić information content (AvgIpc) is 3.42. The summed E-state index contributed by atoms with van der Waals surface area (Å²) < 4.78 is 8.99. The predicted octanol–water partition coefficient (Wildman–Crippen LogP) is 4.25. The van der Waals surface area contributed by atoms with E-state index in [1.54, 1.807) is 23.5 Å². The Balaban J connectivity index is 1.32. The summed E-state index contributed by atoms with van der Waals surface area (Å²) in [7, 11) is 0. The van der Waals surface area contributed by atoms with Crippen molar-refractivity contribution in [3.63, 3.8) is 0 Å². The predicted molar refractivity (Wildman–Crippen MR) is 113 cm³/mol. The van der Waals surface area contributed by atoms with Gasteiger partial charge in [0.2, 0.25) is 4.96 Å². The fourth-order valence-electron chi connectivity index (χ4n) is 2.84. The van der Waals surface area contributed by atoms with E-state index in [4.69, 9.17) is 4.74 Å². The number of ether oxygens (including phenoxy) is 1. The minimum absolute atomic E-state index is 0.414. The normalized spacial score (nSPS) is 14.1. The summed E-state index contributed by atoms with van der Waals surface area (Å²) in [5, 5.41) is 16.3. The molecule has 5 rings (SSSR count). The Morgan fingerprint density at radius 3 is 2.96 bits per heavy atom. The Labute approximate surface area is 168 Å². The third kappa shape index (κ3) is 3.54. The number of rotatable bonds is 5. The molecule has 0 radical (unpaired) electrons. The zero-order chi connectivity index (χ0) is 18.1. The van der Waals surface area contributed by atoms with E-state index in [2.05, 4.69) is 38.5 Å². The van der Waals surface area contributed by atoms with Gasteiger partial charge in [0.25, 0.3) is 0 Å². The largest absolute Gasteiger partial charge is 0.486 e. The van der Waals surface area contributed by atoms with E-state index in [1.807, 2.05) is 28.8 Å². The van der Waals surface area contributed by atoms with Crippen LogP contribution in [0.15, 0.2) is 47.5 Å². The second-order valence-corrected chi connectivity index (χ2v) is 9.20. The van der Waals surface area contributed by atoms with Gasteiger partial charge in [-0.3, -0.25) is 4.99 Å². The molecular formula is C18H15N5OS3. The monoisotopic (exact) mass is 413 g/mol. The standard InChI is InChI=1S/C18H15N5OS3/c1-2-6-13-12(4-1)5-3-7-14(13)24-10-16-22-23-15(20-21-17(23)27-16)11-26-18-19-8-9-25-18/h1-7H,8-11H2. The fraction of sp³-hybridized carbons (Fsp3) is 0.222. The number of aromatic nitrogens is 4. The molecule has 3 heterocycles. The first-order valence-corrected chi connectivity index (χ1v) is 11.3. The highest BCUT2D eigenvalue weighted by atomic mass is 32.2. The summed E-state index contributed by atoms with van der Waals surface area (Å²) >= 11 is 5.01. The molecule has 9 heteroatoms. The molecule has 1 aliphatic heterocycles. The van der Waals surface area contributed by atoms with Gasteiger partial charge in [-0.1, -0.05) is 71.3 Å². The van der Waals surface area contributed by atoms with Crippen LogP contribution in [0.2, 0.25) is 0 Å². The Hall–Kier alpha value is -2.10. The highest BCUT2D eigenvalue weighted by Gasteiger charge is 2.15. The molecule has 0 amide bonds. The van der Waals surface area contributed by atoms with Crippen LogP contribution in [0.4, 0.5) is 0 Å². The van der Waals surface area contributed by atoms with E-state index >= 15 is 0 Å². The first-order valence-electron chi connectivity index (χ1n) is 8.47. The number of hydrogen-bond acceptors (Lipinski definition) is 8.